The molecule has 2 aliphatic heterocycles. The monoisotopic (exact) mass is 482 g/mol. The lowest BCUT2D eigenvalue weighted by Gasteiger charge is -2.45. The number of aliphatic hydroxyl groups excluding tert-OH is 2. The molecule has 4 rings (SSSR count). The summed E-state index contributed by atoms with van der Waals surface area (Å²) >= 11 is 0. The summed E-state index contributed by atoms with van der Waals surface area (Å²) < 4.78 is 17.9. The van der Waals surface area contributed by atoms with Gasteiger partial charge in [-0.3, -0.25) is 9.59 Å². The first-order valence-electron chi connectivity index (χ1n) is 11.4. The predicted molar refractivity (Wildman–Crippen MR) is 127 cm³/mol. The van der Waals surface area contributed by atoms with Gasteiger partial charge in [-0.05, 0) is 44.0 Å². The molecule has 0 saturated carbocycles. The zero-order chi connectivity index (χ0) is 25.3. The lowest BCUT2D eigenvalue weighted by atomic mass is 9.96. The summed E-state index contributed by atoms with van der Waals surface area (Å²) in [5.74, 6) is -0.517. The van der Waals surface area contributed by atoms with Crippen LogP contribution in [0, 0.1) is 20.8 Å². The highest BCUT2D eigenvalue weighted by Gasteiger charge is 2.50. The van der Waals surface area contributed by atoms with Crippen LogP contribution in [-0.2, 0) is 9.47 Å². The molecule has 0 radical (unpaired) electrons. The standard InChI is InChI=1S/C26H30N2O7/c1-5-10-33-26-20(27-28-24(31)17-8-6-7-9-18(17)25(28)32)23(21(30)19(13-29)34-26)35-22-15(3)11-14(2)12-16(22)4/h5-9,11-12,19-21,23,26-27,29-30H,1,10,13H2,2-4H3/t19-,20-,21-,23-,26-/m1/s1. The van der Waals surface area contributed by atoms with Crippen LogP contribution in [0.25, 0.3) is 0 Å². The molecule has 5 atom stereocenters. The third-order valence-corrected chi connectivity index (χ3v) is 6.16. The molecule has 0 bridgehead atoms. The maximum atomic E-state index is 13.0. The number of ether oxygens (including phenoxy) is 3. The second-order valence-electron chi connectivity index (χ2n) is 8.79. The highest BCUT2D eigenvalue weighted by molar-refractivity contribution is 6.20. The molecule has 9 nitrogen and oxygen atoms in total. The smallest absolute Gasteiger partial charge is 0.276 e. The lowest BCUT2D eigenvalue weighted by molar-refractivity contribution is -0.267. The summed E-state index contributed by atoms with van der Waals surface area (Å²) in [6.45, 7) is 9.01. The van der Waals surface area contributed by atoms with Gasteiger partial charge in [0.15, 0.2) is 6.29 Å². The number of hydrazine groups is 1. The first-order chi connectivity index (χ1) is 16.8. The Morgan fingerprint density at radius 2 is 1.71 bits per heavy atom. The van der Waals surface area contributed by atoms with Crippen molar-refractivity contribution < 1.29 is 34.0 Å². The number of aryl methyl sites for hydroxylation is 3. The fourth-order valence-corrected chi connectivity index (χ4v) is 4.59. The van der Waals surface area contributed by atoms with Crippen LogP contribution in [0.2, 0.25) is 0 Å². The maximum absolute atomic E-state index is 13.0. The van der Waals surface area contributed by atoms with Crippen LogP contribution in [0.4, 0.5) is 0 Å². The van der Waals surface area contributed by atoms with E-state index in [0.717, 1.165) is 21.7 Å². The second-order valence-corrected chi connectivity index (χ2v) is 8.79. The van der Waals surface area contributed by atoms with Gasteiger partial charge in [0.25, 0.3) is 11.8 Å². The fourth-order valence-electron chi connectivity index (χ4n) is 4.59. The van der Waals surface area contributed by atoms with Crippen molar-refractivity contribution in [3.05, 3.63) is 76.9 Å². The Balaban J connectivity index is 1.71. The van der Waals surface area contributed by atoms with Crippen molar-refractivity contribution in [2.75, 3.05) is 13.2 Å². The number of carbonyl (C=O) groups excluding carboxylic acids is 2. The molecule has 9 heteroatoms. The Bertz CT molecular complexity index is 1080. The van der Waals surface area contributed by atoms with Gasteiger partial charge >= 0.3 is 0 Å². The van der Waals surface area contributed by atoms with Gasteiger partial charge < -0.3 is 24.4 Å². The molecule has 2 amide bonds. The van der Waals surface area contributed by atoms with Crippen LogP contribution in [0.1, 0.15) is 37.4 Å². The van der Waals surface area contributed by atoms with Crippen molar-refractivity contribution in [3.63, 3.8) is 0 Å². The summed E-state index contributed by atoms with van der Waals surface area (Å²) in [7, 11) is 0. The Hall–Kier alpha value is -3.08. The molecule has 1 saturated heterocycles. The summed E-state index contributed by atoms with van der Waals surface area (Å²) in [5.41, 5.74) is 6.19. The van der Waals surface area contributed by atoms with Gasteiger partial charge in [-0.25, -0.2) is 10.4 Å². The Labute approximate surface area is 203 Å². The highest BCUT2D eigenvalue weighted by Crippen LogP contribution is 2.32. The molecule has 2 heterocycles. The van der Waals surface area contributed by atoms with E-state index in [4.69, 9.17) is 14.2 Å². The van der Waals surface area contributed by atoms with Gasteiger partial charge in [0.2, 0.25) is 0 Å². The van der Waals surface area contributed by atoms with E-state index in [9.17, 15) is 19.8 Å². The van der Waals surface area contributed by atoms with Crippen molar-refractivity contribution in [3.8, 4) is 5.75 Å². The molecule has 1 fully saturated rings. The van der Waals surface area contributed by atoms with E-state index in [-0.39, 0.29) is 17.7 Å². The Morgan fingerprint density at radius 3 is 2.26 bits per heavy atom. The Kier molecular flexibility index (Phi) is 7.34. The van der Waals surface area contributed by atoms with Crippen LogP contribution < -0.4 is 10.2 Å². The number of benzene rings is 2. The molecule has 186 valence electrons. The van der Waals surface area contributed by atoms with Crippen molar-refractivity contribution in [2.45, 2.75) is 51.4 Å². The van der Waals surface area contributed by atoms with E-state index in [0.29, 0.717) is 5.75 Å². The van der Waals surface area contributed by atoms with Crippen LogP contribution in [0.3, 0.4) is 0 Å². The first kappa shape index (κ1) is 25.0. The molecule has 2 aromatic rings. The largest absolute Gasteiger partial charge is 0.485 e. The maximum Gasteiger partial charge on any atom is 0.276 e. The van der Waals surface area contributed by atoms with Gasteiger partial charge in [-0.15, -0.1) is 6.58 Å². The van der Waals surface area contributed by atoms with E-state index in [1.165, 1.54) is 6.08 Å². The summed E-state index contributed by atoms with van der Waals surface area (Å²) in [6.07, 6.45) is -2.91. The minimum Gasteiger partial charge on any atom is -0.485 e. The second kappa shape index (κ2) is 10.3. The summed E-state index contributed by atoms with van der Waals surface area (Å²) in [5, 5.41) is 21.8. The average molecular weight is 483 g/mol. The topological polar surface area (TPSA) is 118 Å². The number of fused-ring (bicyclic) bond motifs is 1. The molecule has 3 N–H and O–H groups in total. The minimum absolute atomic E-state index is 0.0918. The van der Waals surface area contributed by atoms with Crippen molar-refractivity contribution >= 4 is 11.8 Å². The molecule has 2 aromatic carbocycles. The first-order valence-corrected chi connectivity index (χ1v) is 11.4. The van der Waals surface area contributed by atoms with E-state index in [1.807, 2.05) is 32.9 Å². The van der Waals surface area contributed by atoms with E-state index >= 15 is 0 Å². The number of hydrogen-bond donors (Lipinski definition) is 3. The van der Waals surface area contributed by atoms with E-state index in [2.05, 4.69) is 12.0 Å². The van der Waals surface area contributed by atoms with E-state index in [1.54, 1.807) is 24.3 Å². The number of imide groups is 1. The molecule has 0 aliphatic carbocycles. The number of nitrogens with zero attached hydrogens (tertiary/aromatic N) is 1. The van der Waals surface area contributed by atoms with Crippen molar-refractivity contribution in [1.29, 1.82) is 0 Å². The van der Waals surface area contributed by atoms with E-state index < -0.39 is 49.1 Å². The predicted octanol–water partition coefficient (Wildman–Crippen LogP) is 1.81. The van der Waals surface area contributed by atoms with Crippen LogP contribution in [0.15, 0.2) is 49.1 Å². The van der Waals surface area contributed by atoms with Gasteiger partial charge in [-0.2, -0.15) is 0 Å². The number of amides is 2. The zero-order valence-electron chi connectivity index (χ0n) is 19.9. The highest BCUT2D eigenvalue weighted by atomic mass is 16.7. The number of carbonyl (C=O) groups is 2. The fraction of sp³-hybridized carbons (Fsp3) is 0.385. The molecule has 2 aliphatic rings. The quantitative estimate of drug-likeness (QED) is 0.385. The third kappa shape index (κ3) is 4.73. The SMILES string of the molecule is C=CCO[C@@H]1O[C@H](CO)[C@@H](O)[C@H](Oc2c(C)cc(C)cc2C)[C@H]1NN1C(=O)c2ccccc2C1=O. The summed E-state index contributed by atoms with van der Waals surface area (Å²) in [4.78, 5) is 26.0. The molecule has 35 heavy (non-hydrogen) atoms. The van der Waals surface area contributed by atoms with Crippen LogP contribution in [0.5, 0.6) is 5.75 Å². The molecular formula is C26H30N2O7. The zero-order valence-corrected chi connectivity index (χ0v) is 19.9. The number of aliphatic hydroxyl groups is 2. The average Bonchev–Trinajstić information content (AvgIpc) is 3.07. The normalized spacial score (nSPS) is 26.1. The third-order valence-electron chi connectivity index (χ3n) is 6.16. The number of rotatable bonds is 8. The molecule has 0 unspecified atom stereocenters. The summed E-state index contributed by atoms with van der Waals surface area (Å²) in [6, 6.07) is 9.42. The van der Waals surface area contributed by atoms with Crippen molar-refractivity contribution in [2.24, 2.45) is 0 Å². The van der Waals surface area contributed by atoms with Crippen LogP contribution in [-0.4, -0.2) is 70.9 Å². The van der Waals surface area contributed by atoms with Gasteiger partial charge in [-0.1, -0.05) is 35.9 Å². The molecule has 0 aromatic heterocycles. The molecule has 0 spiro atoms. The number of nitrogens with one attached hydrogen (secondary N) is 1. The van der Waals surface area contributed by atoms with Gasteiger partial charge in [0.1, 0.15) is 30.1 Å². The van der Waals surface area contributed by atoms with Crippen molar-refractivity contribution in [1.82, 2.24) is 10.4 Å². The Morgan fingerprint density at radius 1 is 1.11 bits per heavy atom. The van der Waals surface area contributed by atoms with Gasteiger partial charge in [0, 0.05) is 0 Å². The minimum atomic E-state index is -1.30. The van der Waals surface area contributed by atoms with Crippen LogP contribution >= 0.6 is 0 Å². The van der Waals surface area contributed by atoms with Gasteiger partial charge in [0.05, 0.1) is 24.3 Å². The lowest BCUT2D eigenvalue weighted by Crippen LogP contribution is -2.68. The molecular weight excluding hydrogens is 452 g/mol. The number of hydrogen-bond acceptors (Lipinski definition) is 8.